The van der Waals surface area contributed by atoms with Crippen molar-refractivity contribution in [2.24, 2.45) is 0 Å². The Morgan fingerprint density at radius 1 is 1.24 bits per heavy atom. The van der Waals surface area contributed by atoms with Gasteiger partial charge in [-0.3, -0.25) is 4.72 Å². The zero-order valence-corrected chi connectivity index (χ0v) is 11.9. The summed E-state index contributed by atoms with van der Waals surface area (Å²) in [6.07, 6.45) is 0. The number of nitrogens with zero attached hydrogens (tertiary/aromatic N) is 4. The van der Waals surface area contributed by atoms with Gasteiger partial charge in [-0.2, -0.15) is 17.9 Å². The molecule has 2 heterocycles. The maximum Gasteiger partial charge on any atom is 0.301 e. The Labute approximate surface area is 121 Å². The van der Waals surface area contributed by atoms with E-state index in [0.29, 0.717) is 43.4 Å². The Morgan fingerprint density at radius 2 is 2.00 bits per heavy atom. The minimum Gasteiger partial charge on any atom is -0.379 e. The molecule has 2 N–H and O–H groups in total. The number of aromatic nitrogens is 4. The van der Waals surface area contributed by atoms with Crippen molar-refractivity contribution in [1.29, 1.82) is 0 Å². The van der Waals surface area contributed by atoms with Crippen molar-refractivity contribution in [1.82, 2.24) is 24.9 Å². The molecule has 112 valence electrons. The Balaban J connectivity index is 1.88. The monoisotopic (exact) mass is 310 g/mol. The standard InChI is InChI=1S/C11H14N6O3S/c18-21(19,17-5-7-20-8-6-17)14-10-4-2-1-3-9(10)11-12-15-16-13-11/h1-4,14H,5-8H2,(H,12,13,15,16). The highest BCUT2D eigenvalue weighted by atomic mass is 32.2. The number of tetrazole rings is 1. The Hall–Kier alpha value is -2.04. The molecule has 0 unspecified atom stereocenters. The van der Waals surface area contributed by atoms with Gasteiger partial charge in [0.2, 0.25) is 5.82 Å². The van der Waals surface area contributed by atoms with Crippen LogP contribution in [0, 0.1) is 0 Å². The fourth-order valence-electron chi connectivity index (χ4n) is 2.03. The Morgan fingerprint density at radius 3 is 2.71 bits per heavy atom. The molecule has 1 aliphatic rings. The van der Waals surface area contributed by atoms with Gasteiger partial charge in [-0.05, 0) is 17.3 Å². The molecule has 0 spiro atoms. The molecule has 1 aromatic carbocycles. The zero-order valence-electron chi connectivity index (χ0n) is 11.1. The lowest BCUT2D eigenvalue weighted by molar-refractivity contribution is 0.0733. The van der Waals surface area contributed by atoms with Gasteiger partial charge in [0.25, 0.3) is 0 Å². The molecule has 2 aromatic rings. The summed E-state index contributed by atoms with van der Waals surface area (Å²) in [6.45, 7) is 1.46. The van der Waals surface area contributed by atoms with E-state index in [0.717, 1.165) is 0 Å². The number of ether oxygens (including phenoxy) is 1. The summed E-state index contributed by atoms with van der Waals surface area (Å²) in [4.78, 5) is 0. The van der Waals surface area contributed by atoms with E-state index in [4.69, 9.17) is 4.74 Å². The first-order valence-corrected chi connectivity index (χ1v) is 7.79. The maximum atomic E-state index is 12.4. The first-order valence-electron chi connectivity index (χ1n) is 6.35. The molecule has 0 atom stereocenters. The second-order valence-electron chi connectivity index (χ2n) is 4.40. The summed E-state index contributed by atoms with van der Waals surface area (Å²) >= 11 is 0. The van der Waals surface area contributed by atoms with Crippen molar-refractivity contribution in [3.05, 3.63) is 24.3 Å². The summed E-state index contributed by atoms with van der Waals surface area (Å²) in [7, 11) is -3.63. The molecule has 21 heavy (non-hydrogen) atoms. The minimum atomic E-state index is -3.63. The van der Waals surface area contributed by atoms with Crippen LogP contribution in [-0.4, -0.2) is 59.7 Å². The number of benzene rings is 1. The number of para-hydroxylation sites is 1. The van der Waals surface area contributed by atoms with Crippen molar-refractivity contribution >= 4 is 15.9 Å². The number of morpholine rings is 1. The molecular weight excluding hydrogens is 296 g/mol. The fraction of sp³-hybridized carbons (Fsp3) is 0.364. The summed E-state index contributed by atoms with van der Waals surface area (Å²) < 4.78 is 33.8. The van der Waals surface area contributed by atoms with E-state index in [9.17, 15) is 8.42 Å². The smallest absolute Gasteiger partial charge is 0.301 e. The number of rotatable bonds is 4. The van der Waals surface area contributed by atoms with Crippen molar-refractivity contribution in [3.63, 3.8) is 0 Å². The SMILES string of the molecule is O=S(=O)(Nc1ccccc1-c1nn[nH]n1)N1CCOCC1. The predicted octanol–water partition coefficient (Wildman–Crippen LogP) is -0.144. The van der Waals surface area contributed by atoms with Crippen LogP contribution in [0.1, 0.15) is 0 Å². The molecule has 9 nitrogen and oxygen atoms in total. The molecule has 3 rings (SSSR count). The number of hydrogen-bond donors (Lipinski definition) is 2. The van der Waals surface area contributed by atoms with Crippen molar-refractivity contribution < 1.29 is 13.2 Å². The van der Waals surface area contributed by atoms with E-state index in [1.807, 2.05) is 0 Å². The van der Waals surface area contributed by atoms with Gasteiger partial charge >= 0.3 is 10.2 Å². The highest BCUT2D eigenvalue weighted by Crippen LogP contribution is 2.25. The van der Waals surface area contributed by atoms with Gasteiger partial charge in [0.15, 0.2) is 0 Å². The number of anilines is 1. The van der Waals surface area contributed by atoms with Gasteiger partial charge in [0, 0.05) is 18.7 Å². The quantitative estimate of drug-likeness (QED) is 0.812. The van der Waals surface area contributed by atoms with Crippen LogP contribution in [0.15, 0.2) is 24.3 Å². The Bertz CT molecular complexity index is 697. The average Bonchev–Trinajstić information content (AvgIpc) is 3.02. The summed E-state index contributed by atoms with van der Waals surface area (Å²) in [6, 6.07) is 6.89. The average molecular weight is 310 g/mol. The highest BCUT2D eigenvalue weighted by molar-refractivity contribution is 7.90. The molecule has 0 bridgehead atoms. The number of aromatic amines is 1. The molecule has 0 amide bonds. The van der Waals surface area contributed by atoms with Crippen molar-refractivity contribution in [2.75, 3.05) is 31.0 Å². The van der Waals surface area contributed by atoms with Gasteiger partial charge in [0.1, 0.15) is 0 Å². The molecule has 1 saturated heterocycles. The third kappa shape index (κ3) is 3.01. The predicted molar refractivity (Wildman–Crippen MR) is 74.5 cm³/mol. The van der Waals surface area contributed by atoms with Gasteiger partial charge in [-0.15, -0.1) is 10.2 Å². The number of hydrogen-bond acceptors (Lipinski definition) is 6. The lowest BCUT2D eigenvalue weighted by Gasteiger charge is -2.26. The highest BCUT2D eigenvalue weighted by Gasteiger charge is 2.25. The van der Waals surface area contributed by atoms with Crippen LogP contribution < -0.4 is 4.72 Å². The summed E-state index contributed by atoms with van der Waals surface area (Å²) in [5.41, 5.74) is 0.966. The van der Waals surface area contributed by atoms with Crippen LogP contribution in [0.4, 0.5) is 5.69 Å². The summed E-state index contributed by atoms with van der Waals surface area (Å²) in [5, 5.41) is 13.6. The van der Waals surface area contributed by atoms with Gasteiger partial charge in [-0.1, -0.05) is 12.1 Å². The van der Waals surface area contributed by atoms with Gasteiger partial charge in [-0.25, -0.2) is 0 Å². The van der Waals surface area contributed by atoms with E-state index < -0.39 is 10.2 Å². The van der Waals surface area contributed by atoms with E-state index in [1.54, 1.807) is 24.3 Å². The van der Waals surface area contributed by atoms with Crippen LogP contribution in [0.5, 0.6) is 0 Å². The first-order chi connectivity index (χ1) is 10.2. The third-order valence-corrected chi connectivity index (χ3v) is 4.59. The van der Waals surface area contributed by atoms with Crippen LogP contribution in [0.2, 0.25) is 0 Å². The van der Waals surface area contributed by atoms with E-state index in [2.05, 4.69) is 25.3 Å². The first kappa shape index (κ1) is 13.9. The zero-order chi connectivity index (χ0) is 14.7. The second-order valence-corrected chi connectivity index (χ2v) is 6.07. The maximum absolute atomic E-state index is 12.4. The second kappa shape index (κ2) is 5.76. The van der Waals surface area contributed by atoms with Crippen LogP contribution >= 0.6 is 0 Å². The number of H-pyrrole nitrogens is 1. The van der Waals surface area contributed by atoms with Crippen LogP contribution in [0.3, 0.4) is 0 Å². The largest absolute Gasteiger partial charge is 0.379 e. The van der Waals surface area contributed by atoms with Gasteiger partial charge < -0.3 is 4.74 Å². The normalized spacial score (nSPS) is 16.8. The molecule has 0 saturated carbocycles. The molecule has 1 aromatic heterocycles. The van der Waals surface area contributed by atoms with Gasteiger partial charge in [0.05, 0.1) is 18.9 Å². The van der Waals surface area contributed by atoms with Crippen molar-refractivity contribution in [2.45, 2.75) is 0 Å². The molecular formula is C11H14N6O3S. The Kier molecular flexibility index (Phi) is 3.82. The van der Waals surface area contributed by atoms with E-state index in [-0.39, 0.29) is 0 Å². The lowest BCUT2D eigenvalue weighted by atomic mass is 10.2. The van der Waals surface area contributed by atoms with E-state index in [1.165, 1.54) is 4.31 Å². The lowest BCUT2D eigenvalue weighted by Crippen LogP contribution is -2.43. The fourth-order valence-corrected chi connectivity index (χ4v) is 3.25. The van der Waals surface area contributed by atoms with Crippen LogP contribution in [-0.2, 0) is 14.9 Å². The summed E-state index contributed by atoms with van der Waals surface area (Å²) in [5.74, 6) is 0.329. The molecule has 0 radical (unpaired) electrons. The minimum absolute atomic E-state index is 0.329. The van der Waals surface area contributed by atoms with Crippen molar-refractivity contribution in [3.8, 4) is 11.4 Å². The topological polar surface area (TPSA) is 113 Å². The molecule has 1 fully saturated rings. The number of nitrogens with one attached hydrogen (secondary N) is 2. The molecule has 0 aliphatic carbocycles. The third-order valence-electron chi connectivity index (χ3n) is 3.06. The molecule has 10 heteroatoms. The van der Waals surface area contributed by atoms with E-state index >= 15 is 0 Å². The molecule has 1 aliphatic heterocycles. The van der Waals surface area contributed by atoms with Crippen LogP contribution in [0.25, 0.3) is 11.4 Å².